The summed E-state index contributed by atoms with van der Waals surface area (Å²) < 4.78 is 9.92. The predicted molar refractivity (Wildman–Crippen MR) is 86.5 cm³/mol. The molecule has 0 atom stereocenters. The molecule has 1 aromatic carbocycles. The van der Waals surface area contributed by atoms with Gasteiger partial charge in [0.2, 0.25) is 0 Å². The lowest BCUT2D eigenvalue weighted by Crippen LogP contribution is -2.26. The van der Waals surface area contributed by atoms with Crippen LogP contribution in [0, 0.1) is 21.4 Å². The van der Waals surface area contributed by atoms with Gasteiger partial charge in [-0.05, 0) is 12.5 Å². The number of nitro benzene ring substituents is 1. The fourth-order valence-corrected chi connectivity index (χ4v) is 1.72. The van der Waals surface area contributed by atoms with E-state index in [1.165, 1.54) is 31.5 Å². The number of nitrogens with zero attached hydrogens (tertiary/aromatic N) is 2. The first kappa shape index (κ1) is 18.9. The number of benzene rings is 1. The predicted octanol–water partition coefficient (Wildman–Crippen LogP) is 1.58. The van der Waals surface area contributed by atoms with E-state index in [9.17, 15) is 14.9 Å². The van der Waals surface area contributed by atoms with Gasteiger partial charge in [-0.1, -0.05) is 0 Å². The second kappa shape index (κ2) is 9.81. The van der Waals surface area contributed by atoms with Crippen molar-refractivity contribution in [3.63, 3.8) is 0 Å². The number of rotatable bonds is 9. The maximum atomic E-state index is 11.9. The Labute approximate surface area is 139 Å². The fourth-order valence-electron chi connectivity index (χ4n) is 1.72. The van der Waals surface area contributed by atoms with Gasteiger partial charge in [0.15, 0.2) is 0 Å². The second-order valence-corrected chi connectivity index (χ2v) is 4.56. The Kier molecular flexibility index (Phi) is 7.73. The molecular formula is C15H18N4O5. The average Bonchev–Trinajstić information content (AvgIpc) is 2.59. The van der Waals surface area contributed by atoms with Crippen LogP contribution in [0.1, 0.15) is 6.42 Å². The maximum Gasteiger partial charge on any atom is 0.273 e. The molecule has 0 aliphatic carbocycles. The quantitative estimate of drug-likeness (QED) is 0.231. The topological polar surface area (TPSA) is 127 Å². The van der Waals surface area contributed by atoms with Gasteiger partial charge < -0.3 is 20.1 Å². The molecule has 1 aromatic rings. The van der Waals surface area contributed by atoms with E-state index in [1.54, 1.807) is 13.2 Å². The van der Waals surface area contributed by atoms with Gasteiger partial charge in [0.25, 0.3) is 11.6 Å². The Morgan fingerprint density at radius 1 is 1.46 bits per heavy atom. The van der Waals surface area contributed by atoms with Crippen LogP contribution < -0.4 is 15.4 Å². The zero-order chi connectivity index (χ0) is 17.9. The molecule has 128 valence electrons. The summed E-state index contributed by atoms with van der Waals surface area (Å²) in [6.45, 7) is 0.886. The highest BCUT2D eigenvalue weighted by Gasteiger charge is 2.12. The van der Waals surface area contributed by atoms with Gasteiger partial charge in [-0.25, -0.2) is 0 Å². The van der Waals surface area contributed by atoms with E-state index in [-0.39, 0.29) is 17.0 Å². The first-order valence-corrected chi connectivity index (χ1v) is 6.99. The van der Waals surface area contributed by atoms with Crippen LogP contribution in [0.2, 0.25) is 0 Å². The molecule has 0 saturated carbocycles. The number of hydrogen-bond acceptors (Lipinski definition) is 7. The number of nitro groups is 1. The van der Waals surface area contributed by atoms with E-state index < -0.39 is 10.8 Å². The third-order valence-electron chi connectivity index (χ3n) is 2.94. The number of amides is 1. The third kappa shape index (κ3) is 5.58. The molecule has 0 fully saturated rings. The van der Waals surface area contributed by atoms with Crippen LogP contribution in [0.5, 0.6) is 5.75 Å². The van der Waals surface area contributed by atoms with Crippen molar-refractivity contribution in [3.05, 3.63) is 40.1 Å². The number of methoxy groups -OCH3 is 2. The largest absolute Gasteiger partial charge is 0.494 e. The number of anilines is 1. The number of carbonyl (C=O) groups is 1. The zero-order valence-electron chi connectivity index (χ0n) is 13.4. The maximum absolute atomic E-state index is 11.9. The van der Waals surface area contributed by atoms with Crippen molar-refractivity contribution in [3.8, 4) is 11.8 Å². The Morgan fingerprint density at radius 2 is 2.21 bits per heavy atom. The molecule has 0 bridgehead atoms. The highest BCUT2D eigenvalue weighted by atomic mass is 16.6. The fraction of sp³-hybridized carbons (Fsp3) is 0.333. The smallest absolute Gasteiger partial charge is 0.273 e. The van der Waals surface area contributed by atoms with Crippen LogP contribution in [0.15, 0.2) is 30.0 Å². The lowest BCUT2D eigenvalue weighted by molar-refractivity contribution is -0.384. The summed E-state index contributed by atoms with van der Waals surface area (Å²) in [5, 5.41) is 25.1. The lowest BCUT2D eigenvalue weighted by Gasteiger charge is -2.08. The monoisotopic (exact) mass is 334 g/mol. The molecule has 0 heterocycles. The van der Waals surface area contributed by atoms with E-state index in [0.717, 1.165) is 0 Å². The van der Waals surface area contributed by atoms with Gasteiger partial charge in [0.1, 0.15) is 17.4 Å². The minimum Gasteiger partial charge on any atom is -0.494 e. The number of nitrogens with one attached hydrogen (secondary N) is 2. The van der Waals surface area contributed by atoms with Crippen LogP contribution >= 0.6 is 0 Å². The summed E-state index contributed by atoms with van der Waals surface area (Å²) in [6.07, 6.45) is 1.85. The summed E-state index contributed by atoms with van der Waals surface area (Å²) in [5.41, 5.74) is 0.133. The first-order chi connectivity index (χ1) is 11.5. The summed E-state index contributed by atoms with van der Waals surface area (Å²) in [5.74, 6) is -0.305. The van der Waals surface area contributed by atoms with Crippen molar-refractivity contribution in [2.24, 2.45) is 0 Å². The molecular weight excluding hydrogens is 316 g/mol. The Balaban J connectivity index is 2.79. The molecule has 24 heavy (non-hydrogen) atoms. The molecule has 9 heteroatoms. The van der Waals surface area contributed by atoms with E-state index >= 15 is 0 Å². The number of hydrogen-bond donors (Lipinski definition) is 2. The first-order valence-electron chi connectivity index (χ1n) is 6.99. The van der Waals surface area contributed by atoms with Gasteiger partial charge in [-0.2, -0.15) is 5.26 Å². The Morgan fingerprint density at radius 3 is 2.79 bits per heavy atom. The van der Waals surface area contributed by atoms with Crippen LogP contribution in [-0.2, 0) is 9.53 Å². The standard InChI is InChI=1S/C15H18N4O5/c1-23-7-3-6-17-15(20)11(9-16)10-18-13-5-4-12(19(21)22)8-14(13)24-2/h4-5,8,10,18H,3,6-7H2,1-2H3,(H,17,20)/b11-10-. The second-order valence-electron chi connectivity index (χ2n) is 4.56. The number of carbonyl (C=O) groups excluding carboxylic acids is 1. The molecule has 0 spiro atoms. The van der Waals surface area contributed by atoms with Crippen molar-refractivity contribution in [1.29, 1.82) is 5.26 Å². The lowest BCUT2D eigenvalue weighted by atomic mass is 10.2. The van der Waals surface area contributed by atoms with Gasteiger partial charge >= 0.3 is 0 Å². The molecule has 1 amide bonds. The molecule has 9 nitrogen and oxygen atoms in total. The summed E-state index contributed by atoms with van der Waals surface area (Å²) in [7, 11) is 2.92. The van der Waals surface area contributed by atoms with E-state index in [4.69, 9.17) is 14.7 Å². The van der Waals surface area contributed by atoms with Gasteiger partial charge in [0.05, 0.1) is 23.8 Å². The highest BCUT2D eigenvalue weighted by Crippen LogP contribution is 2.29. The normalized spacial score (nSPS) is 10.6. The summed E-state index contributed by atoms with van der Waals surface area (Å²) >= 11 is 0. The Bertz CT molecular complexity index is 666. The van der Waals surface area contributed by atoms with E-state index in [1.807, 2.05) is 0 Å². The van der Waals surface area contributed by atoms with Crippen LogP contribution in [0.3, 0.4) is 0 Å². The molecule has 0 unspecified atom stereocenters. The van der Waals surface area contributed by atoms with Crippen molar-refractivity contribution in [1.82, 2.24) is 5.32 Å². The summed E-state index contributed by atoms with van der Waals surface area (Å²) in [6, 6.07) is 5.75. The molecule has 0 aliphatic heterocycles. The van der Waals surface area contributed by atoms with Crippen LogP contribution in [0.4, 0.5) is 11.4 Å². The number of ether oxygens (including phenoxy) is 2. The minimum atomic E-state index is -0.545. The molecule has 2 N–H and O–H groups in total. The van der Waals surface area contributed by atoms with Crippen molar-refractivity contribution in [2.45, 2.75) is 6.42 Å². The van der Waals surface area contributed by atoms with Crippen molar-refractivity contribution >= 4 is 17.3 Å². The van der Waals surface area contributed by atoms with Gasteiger partial charge in [0, 0.05) is 32.5 Å². The van der Waals surface area contributed by atoms with Gasteiger partial charge in [-0.3, -0.25) is 14.9 Å². The SMILES string of the molecule is COCCCNC(=O)/C(C#N)=C\Nc1ccc([N+](=O)[O-])cc1OC. The van der Waals surface area contributed by atoms with Crippen LogP contribution in [-0.4, -0.2) is 38.2 Å². The zero-order valence-corrected chi connectivity index (χ0v) is 13.4. The molecule has 1 rings (SSSR count). The number of non-ortho nitro benzene ring substituents is 1. The summed E-state index contributed by atoms with van der Waals surface area (Å²) in [4.78, 5) is 22.0. The minimum absolute atomic E-state index is 0.127. The van der Waals surface area contributed by atoms with Gasteiger partial charge in [-0.15, -0.1) is 0 Å². The Hall–Kier alpha value is -3.12. The molecule has 0 aliphatic rings. The number of nitriles is 1. The van der Waals surface area contributed by atoms with Crippen LogP contribution in [0.25, 0.3) is 0 Å². The van der Waals surface area contributed by atoms with E-state index in [2.05, 4.69) is 10.6 Å². The van der Waals surface area contributed by atoms with Crippen molar-refractivity contribution < 1.29 is 19.2 Å². The molecule has 0 saturated heterocycles. The van der Waals surface area contributed by atoms with E-state index in [0.29, 0.717) is 25.3 Å². The highest BCUT2D eigenvalue weighted by molar-refractivity contribution is 5.97. The third-order valence-corrected chi connectivity index (χ3v) is 2.94. The average molecular weight is 334 g/mol. The molecule has 0 aromatic heterocycles. The molecule has 0 radical (unpaired) electrons. The van der Waals surface area contributed by atoms with Crippen molar-refractivity contribution in [2.75, 3.05) is 32.7 Å².